The fourth-order valence-corrected chi connectivity index (χ4v) is 3.63. The number of fused-ring (bicyclic) bond motifs is 1. The van der Waals surface area contributed by atoms with Crippen LogP contribution in [0, 0.1) is 0 Å². The van der Waals surface area contributed by atoms with Gasteiger partial charge in [0.25, 0.3) is 0 Å². The largest absolute Gasteiger partial charge is 0.508 e. The van der Waals surface area contributed by atoms with Crippen LogP contribution < -0.4 is 4.90 Å². The third-order valence-electron chi connectivity index (χ3n) is 5.05. The van der Waals surface area contributed by atoms with Crippen LogP contribution in [0.4, 0.5) is 5.69 Å². The average Bonchev–Trinajstić information content (AvgIpc) is 2.68. The van der Waals surface area contributed by atoms with E-state index < -0.39 is 0 Å². The van der Waals surface area contributed by atoms with Crippen molar-refractivity contribution in [2.75, 3.05) is 31.1 Å². The van der Waals surface area contributed by atoms with Gasteiger partial charge < -0.3 is 14.9 Å². The van der Waals surface area contributed by atoms with Crippen molar-refractivity contribution in [3.05, 3.63) is 72.3 Å². The van der Waals surface area contributed by atoms with Crippen molar-refractivity contribution in [3.63, 3.8) is 0 Å². The molecule has 0 saturated carbocycles. The number of nitrogens with zero attached hydrogens (tertiary/aromatic N) is 2. The molecular formula is C22H22N2O2. The van der Waals surface area contributed by atoms with E-state index in [9.17, 15) is 9.90 Å². The van der Waals surface area contributed by atoms with Crippen molar-refractivity contribution in [1.29, 1.82) is 0 Å². The second-order valence-electron chi connectivity index (χ2n) is 6.70. The molecular weight excluding hydrogens is 324 g/mol. The molecule has 0 unspecified atom stereocenters. The molecule has 1 saturated heterocycles. The normalized spacial score (nSPS) is 14.6. The summed E-state index contributed by atoms with van der Waals surface area (Å²) in [5.74, 6) is 0.453. The first-order valence-electron chi connectivity index (χ1n) is 8.99. The van der Waals surface area contributed by atoms with Gasteiger partial charge >= 0.3 is 0 Å². The van der Waals surface area contributed by atoms with Gasteiger partial charge in [-0.1, -0.05) is 48.5 Å². The van der Waals surface area contributed by atoms with Crippen LogP contribution in [0.25, 0.3) is 10.8 Å². The number of phenolic OH excluding ortho intramolecular Hbond substituents is 1. The molecule has 4 nitrogen and oxygen atoms in total. The summed E-state index contributed by atoms with van der Waals surface area (Å²) in [6.07, 6.45) is 0.438. The molecule has 1 fully saturated rings. The van der Waals surface area contributed by atoms with Gasteiger partial charge in [-0.25, -0.2) is 0 Å². The van der Waals surface area contributed by atoms with Crippen LogP contribution in [0.5, 0.6) is 5.75 Å². The summed E-state index contributed by atoms with van der Waals surface area (Å²) < 4.78 is 0. The maximum atomic E-state index is 12.8. The number of rotatable bonds is 3. The van der Waals surface area contributed by atoms with Gasteiger partial charge in [-0.3, -0.25) is 4.79 Å². The highest BCUT2D eigenvalue weighted by atomic mass is 16.3. The van der Waals surface area contributed by atoms with Crippen LogP contribution in [0.15, 0.2) is 66.7 Å². The number of carbonyl (C=O) groups is 1. The molecule has 26 heavy (non-hydrogen) atoms. The maximum Gasteiger partial charge on any atom is 0.227 e. The van der Waals surface area contributed by atoms with Crippen molar-refractivity contribution < 1.29 is 9.90 Å². The lowest BCUT2D eigenvalue weighted by molar-refractivity contribution is -0.130. The second kappa shape index (κ2) is 7.08. The minimum absolute atomic E-state index is 0.178. The van der Waals surface area contributed by atoms with Gasteiger partial charge in [0.15, 0.2) is 0 Å². The number of anilines is 1. The van der Waals surface area contributed by atoms with Gasteiger partial charge in [-0.15, -0.1) is 0 Å². The number of amides is 1. The number of hydrogen-bond donors (Lipinski definition) is 1. The number of piperazine rings is 1. The molecule has 0 aliphatic carbocycles. The molecule has 1 amide bonds. The maximum absolute atomic E-state index is 12.8. The summed E-state index contributed by atoms with van der Waals surface area (Å²) in [7, 11) is 0. The average molecular weight is 346 g/mol. The van der Waals surface area contributed by atoms with E-state index in [1.807, 2.05) is 41.3 Å². The van der Waals surface area contributed by atoms with Gasteiger partial charge in [0.05, 0.1) is 6.42 Å². The van der Waals surface area contributed by atoms with Crippen LogP contribution in [-0.4, -0.2) is 42.1 Å². The van der Waals surface area contributed by atoms with Crippen molar-refractivity contribution in [3.8, 4) is 5.75 Å². The molecule has 0 spiro atoms. The molecule has 0 bridgehead atoms. The van der Waals surface area contributed by atoms with E-state index in [-0.39, 0.29) is 11.7 Å². The Balaban J connectivity index is 1.42. The molecule has 0 aromatic heterocycles. The van der Waals surface area contributed by atoms with Gasteiger partial charge in [-0.05, 0) is 28.5 Å². The highest BCUT2D eigenvalue weighted by molar-refractivity contribution is 5.90. The van der Waals surface area contributed by atoms with Crippen LogP contribution in [0.1, 0.15) is 5.56 Å². The molecule has 0 radical (unpaired) electrons. The fourth-order valence-electron chi connectivity index (χ4n) is 3.63. The van der Waals surface area contributed by atoms with E-state index >= 15 is 0 Å². The molecule has 0 atom stereocenters. The minimum Gasteiger partial charge on any atom is -0.508 e. The molecule has 4 rings (SSSR count). The summed E-state index contributed by atoms with van der Waals surface area (Å²) in [6, 6.07) is 21.6. The lowest BCUT2D eigenvalue weighted by Gasteiger charge is -2.36. The zero-order valence-corrected chi connectivity index (χ0v) is 14.6. The molecule has 1 aliphatic rings. The van der Waals surface area contributed by atoms with Crippen LogP contribution in [0.3, 0.4) is 0 Å². The Kier molecular flexibility index (Phi) is 4.48. The molecule has 1 aliphatic heterocycles. The van der Waals surface area contributed by atoms with E-state index in [1.165, 1.54) is 5.39 Å². The highest BCUT2D eigenvalue weighted by Gasteiger charge is 2.22. The second-order valence-corrected chi connectivity index (χ2v) is 6.70. The fraction of sp³-hybridized carbons (Fsp3) is 0.227. The lowest BCUT2D eigenvalue weighted by Crippen LogP contribution is -2.49. The van der Waals surface area contributed by atoms with Gasteiger partial charge in [0, 0.05) is 37.9 Å². The van der Waals surface area contributed by atoms with E-state index in [4.69, 9.17) is 0 Å². The third-order valence-corrected chi connectivity index (χ3v) is 5.05. The SMILES string of the molecule is O=C(Cc1cccc2ccccc12)N1CCN(c2cccc(O)c2)CC1. The standard InChI is InChI=1S/C22H22N2O2/c25-20-9-4-8-19(16-20)23-11-13-24(14-12-23)22(26)15-18-7-3-6-17-5-1-2-10-21(17)18/h1-10,16,25H,11-15H2. The van der Waals surface area contributed by atoms with E-state index in [0.717, 1.165) is 29.7 Å². The van der Waals surface area contributed by atoms with Gasteiger partial charge in [-0.2, -0.15) is 0 Å². The number of aromatic hydroxyl groups is 1. The topological polar surface area (TPSA) is 43.8 Å². The third kappa shape index (κ3) is 3.36. The summed E-state index contributed by atoms with van der Waals surface area (Å²) in [6.45, 7) is 2.98. The van der Waals surface area contributed by atoms with Crippen LogP contribution in [0.2, 0.25) is 0 Å². The molecule has 3 aromatic carbocycles. The molecule has 132 valence electrons. The predicted octanol–water partition coefficient (Wildman–Crippen LogP) is 3.44. The smallest absolute Gasteiger partial charge is 0.227 e. The first kappa shape index (κ1) is 16.5. The zero-order chi connectivity index (χ0) is 17.9. The Morgan fingerprint density at radius 1 is 0.885 bits per heavy atom. The first-order valence-corrected chi connectivity index (χ1v) is 8.99. The molecule has 4 heteroatoms. The summed E-state index contributed by atoms with van der Waals surface area (Å²) >= 11 is 0. The first-order chi connectivity index (χ1) is 12.7. The Morgan fingerprint density at radius 2 is 1.62 bits per heavy atom. The zero-order valence-electron chi connectivity index (χ0n) is 14.6. The minimum atomic E-state index is 0.178. The Bertz CT molecular complexity index is 925. The van der Waals surface area contributed by atoms with Crippen LogP contribution in [-0.2, 0) is 11.2 Å². The number of phenols is 1. The molecule has 1 N–H and O–H groups in total. The summed E-state index contributed by atoms with van der Waals surface area (Å²) in [4.78, 5) is 16.9. The van der Waals surface area contributed by atoms with Crippen molar-refractivity contribution >= 4 is 22.4 Å². The number of hydrogen-bond acceptors (Lipinski definition) is 3. The van der Waals surface area contributed by atoms with Crippen molar-refractivity contribution in [2.45, 2.75) is 6.42 Å². The van der Waals surface area contributed by atoms with E-state index in [0.29, 0.717) is 19.5 Å². The Hall–Kier alpha value is -3.01. The van der Waals surface area contributed by atoms with Gasteiger partial charge in [0.1, 0.15) is 5.75 Å². The quantitative estimate of drug-likeness (QED) is 0.790. The van der Waals surface area contributed by atoms with E-state index in [2.05, 4.69) is 23.1 Å². The van der Waals surface area contributed by atoms with Crippen molar-refractivity contribution in [2.24, 2.45) is 0 Å². The highest BCUT2D eigenvalue weighted by Crippen LogP contribution is 2.22. The van der Waals surface area contributed by atoms with E-state index in [1.54, 1.807) is 12.1 Å². The number of carbonyl (C=O) groups excluding carboxylic acids is 1. The molecule has 1 heterocycles. The predicted molar refractivity (Wildman–Crippen MR) is 105 cm³/mol. The van der Waals surface area contributed by atoms with Crippen molar-refractivity contribution in [1.82, 2.24) is 4.90 Å². The van der Waals surface area contributed by atoms with Gasteiger partial charge in [0.2, 0.25) is 5.91 Å². The Labute approximate surface area is 153 Å². The lowest BCUT2D eigenvalue weighted by atomic mass is 10.0. The number of benzene rings is 3. The van der Waals surface area contributed by atoms with Crippen LogP contribution >= 0.6 is 0 Å². The molecule has 3 aromatic rings. The summed E-state index contributed by atoms with van der Waals surface area (Å²) in [5.41, 5.74) is 2.09. The monoisotopic (exact) mass is 346 g/mol. The summed E-state index contributed by atoms with van der Waals surface area (Å²) in [5, 5.41) is 12.0. The Morgan fingerprint density at radius 3 is 2.42 bits per heavy atom.